The van der Waals surface area contributed by atoms with Gasteiger partial charge in [0.2, 0.25) is 0 Å². The molecule has 2 rings (SSSR count). The van der Waals surface area contributed by atoms with Gasteiger partial charge in [-0.05, 0) is 43.9 Å². The Hall–Kier alpha value is -1.32. The molecule has 4 nitrogen and oxygen atoms in total. The van der Waals surface area contributed by atoms with Gasteiger partial charge in [0.05, 0.1) is 12.3 Å². The lowest BCUT2D eigenvalue weighted by atomic mass is 9.91. The van der Waals surface area contributed by atoms with Gasteiger partial charge < -0.3 is 10.2 Å². The van der Waals surface area contributed by atoms with Gasteiger partial charge in [-0.25, -0.2) is 0 Å². The molecule has 0 saturated heterocycles. The first-order valence-corrected chi connectivity index (χ1v) is 6.19. The number of fused-ring (bicyclic) bond motifs is 2. The molecule has 0 aromatic rings. The highest BCUT2D eigenvalue weighted by Gasteiger charge is 2.35. The quantitative estimate of drug-likeness (QED) is 0.721. The highest BCUT2D eigenvalue weighted by Crippen LogP contribution is 2.48. The minimum absolute atomic E-state index is 0.285. The Morgan fingerprint density at radius 3 is 2.59 bits per heavy atom. The summed E-state index contributed by atoms with van der Waals surface area (Å²) in [7, 11) is 0. The summed E-state index contributed by atoms with van der Waals surface area (Å²) in [6.45, 7) is 0. The highest BCUT2D eigenvalue weighted by molar-refractivity contribution is 5.77. The van der Waals surface area contributed by atoms with Crippen LogP contribution in [0.4, 0.5) is 0 Å². The van der Waals surface area contributed by atoms with Crippen molar-refractivity contribution in [3.8, 4) is 0 Å². The Labute approximate surface area is 100 Å². The van der Waals surface area contributed by atoms with Crippen LogP contribution in [-0.2, 0) is 9.59 Å². The molecule has 2 fully saturated rings. The highest BCUT2D eigenvalue weighted by atomic mass is 16.4. The molecule has 2 aliphatic rings. The van der Waals surface area contributed by atoms with Crippen molar-refractivity contribution in [3.05, 3.63) is 11.6 Å². The summed E-state index contributed by atoms with van der Waals surface area (Å²) >= 11 is 0. The molecule has 94 valence electrons. The van der Waals surface area contributed by atoms with Gasteiger partial charge in [-0.3, -0.25) is 9.59 Å². The molecule has 2 saturated carbocycles. The van der Waals surface area contributed by atoms with Crippen LogP contribution in [0.2, 0.25) is 0 Å². The van der Waals surface area contributed by atoms with E-state index in [2.05, 4.69) is 0 Å². The second kappa shape index (κ2) is 4.90. The normalized spacial score (nSPS) is 30.7. The van der Waals surface area contributed by atoms with E-state index < -0.39 is 17.9 Å². The summed E-state index contributed by atoms with van der Waals surface area (Å²) in [5, 5.41) is 17.6. The molecule has 2 aliphatic carbocycles. The van der Waals surface area contributed by atoms with Gasteiger partial charge in [-0.15, -0.1) is 0 Å². The van der Waals surface area contributed by atoms with Crippen LogP contribution < -0.4 is 0 Å². The van der Waals surface area contributed by atoms with E-state index in [-0.39, 0.29) is 6.42 Å². The number of hydrogen-bond acceptors (Lipinski definition) is 2. The molecule has 0 aliphatic heterocycles. The molecule has 3 unspecified atom stereocenters. The lowest BCUT2D eigenvalue weighted by Gasteiger charge is -2.14. The molecule has 0 radical (unpaired) electrons. The SMILES string of the molecule is O=C(O)CC(C/C=C1/CC2CCC1C2)C(=O)O. The summed E-state index contributed by atoms with van der Waals surface area (Å²) in [4.78, 5) is 21.5. The van der Waals surface area contributed by atoms with Gasteiger partial charge in [0.25, 0.3) is 0 Å². The molecule has 0 amide bonds. The van der Waals surface area contributed by atoms with Gasteiger partial charge in [0.15, 0.2) is 0 Å². The predicted molar refractivity (Wildman–Crippen MR) is 61.5 cm³/mol. The topological polar surface area (TPSA) is 74.6 Å². The molecule has 0 spiro atoms. The number of hydrogen-bond donors (Lipinski definition) is 2. The first-order valence-electron chi connectivity index (χ1n) is 6.19. The maximum Gasteiger partial charge on any atom is 0.307 e. The zero-order valence-electron chi connectivity index (χ0n) is 9.76. The minimum atomic E-state index is -1.04. The summed E-state index contributed by atoms with van der Waals surface area (Å²) < 4.78 is 0. The summed E-state index contributed by atoms with van der Waals surface area (Å²) in [5.74, 6) is -1.37. The average molecular weight is 238 g/mol. The van der Waals surface area contributed by atoms with Gasteiger partial charge in [-0.2, -0.15) is 0 Å². The fraction of sp³-hybridized carbons (Fsp3) is 0.692. The zero-order valence-corrected chi connectivity index (χ0v) is 9.76. The Morgan fingerprint density at radius 2 is 2.12 bits per heavy atom. The van der Waals surface area contributed by atoms with E-state index in [1.807, 2.05) is 6.08 Å². The van der Waals surface area contributed by atoms with Gasteiger partial charge in [-0.1, -0.05) is 11.6 Å². The van der Waals surface area contributed by atoms with Crippen molar-refractivity contribution in [2.45, 2.75) is 38.5 Å². The molecule has 0 heterocycles. The van der Waals surface area contributed by atoms with Crippen molar-refractivity contribution in [2.75, 3.05) is 0 Å². The van der Waals surface area contributed by atoms with Crippen LogP contribution >= 0.6 is 0 Å². The van der Waals surface area contributed by atoms with E-state index >= 15 is 0 Å². The van der Waals surface area contributed by atoms with Crippen molar-refractivity contribution in [1.29, 1.82) is 0 Å². The van der Waals surface area contributed by atoms with E-state index in [1.165, 1.54) is 24.8 Å². The van der Waals surface area contributed by atoms with Crippen LogP contribution in [0, 0.1) is 17.8 Å². The Morgan fingerprint density at radius 1 is 1.35 bits per heavy atom. The van der Waals surface area contributed by atoms with Gasteiger partial charge in [0.1, 0.15) is 0 Å². The maximum absolute atomic E-state index is 10.9. The largest absolute Gasteiger partial charge is 0.481 e. The lowest BCUT2D eigenvalue weighted by molar-refractivity contribution is -0.148. The monoisotopic (exact) mass is 238 g/mol. The Kier molecular flexibility index (Phi) is 3.50. The van der Waals surface area contributed by atoms with Crippen LogP contribution in [0.15, 0.2) is 11.6 Å². The standard InChI is InChI=1S/C13H18O4/c14-12(15)7-11(13(16)17)4-3-10-6-8-1-2-9(10)5-8/h3,8-9,11H,1-2,4-7H2,(H,14,15)(H,16,17)/b10-3-. The van der Waals surface area contributed by atoms with Crippen molar-refractivity contribution in [2.24, 2.45) is 17.8 Å². The Balaban J connectivity index is 1.92. The zero-order chi connectivity index (χ0) is 12.4. The van der Waals surface area contributed by atoms with Gasteiger partial charge >= 0.3 is 11.9 Å². The number of rotatable bonds is 5. The van der Waals surface area contributed by atoms with E-state index in [9.17, 15) is 9.59 Å². The van der Waals surface area contributed by atoms with Crippen LogP contribution in [0.1, 0.15) is 38.5 Å². The number of carboxylic acid groups (broad SMARTS) is 2. The van der Waals surface area contributed by atoms with Gasteiger partial charge in [0, 0.05) is 0 Å². The first-order chi connectivity index (χ1) is 8.06. The lowest BCUT2D eigenvalue weighted by Crippen LogP contribution is -2.17. The fourth-order valence-corrected chi connectivity index (χ4v) is 3.12. The molecule has 17 heavy (non-hydrogen) atoms. The molecule has 0 aromatic carbocycles. The number of carbonyl (C=O) groups is 2. The van der Waals surface area contributed by atoms with Crippen LogP contribution in [0.5, 0.6) is 0 Å². The number of aliphatic carboxylic acids is 2. The molecule has 3 atom stereocenters. The molecule has 2 bridgehead atoms. The number of allylic oxidation sites excluding steroid dienone is 2. The third-order valence-electron chi connectivity index (χ3n) is 4.02. The molecular weight excluding hydrogens is 220 g/mol. The first kappa shape index (κ1) is 12.1. The van der Waals surface area contributed by atoms with Crippen molar-refractivity contribution in [3.63, 3.8) is 0 Å². The van der Waals surface area contributed by atoms with Crippen molar-refractivity contribution >= 4 is 11.9 Å². The Bertz CT molecular complexity index is 358. The van der Waals surface area contributed by atoms with Crippen molar-refractivity contribution in [1.82, 2.24) is 0 Å². The number of carboxylic acids is 2. The summed E-state index contributed by atoms with van der Waals surface area (Å²) in [5.41, 5.74) is 1.37. The summed E-state index contributed by atoms with van der Waals surface area (Å²) in [6.07, 6.45) is 6.96. The van der Waals surface area contributed by atoms with E-state index in [1.54, 1.807) is 0 Å². The molecular formula is C13H18O4. The van der Waals surface area contributed by atoms with E-state index in [4.69, 9.17) is 10.2 Å². The predicted octanol–water partition coefficient (Wildman–Crippen LogP) is 2.30. The van der Waals surface area contributed by atoms with E-state index in [0.717, 1.165) is 12.3 Å². The smallest absolute Gasteiger partial charge is 0.307 e. The molecule has 0 aromatic heterocycles. The maximum atomic E-state index is 10.9. The van der Waals surface area contributed by atoms with Crippen LogP contribution in [0.25, 0.3) is 0 Å². The second-order valence-electron chi connectivity index (χ2n) is 5.23. The van der Waals surface area contributed by atoms with Crippen LogP contribution in [-0.4, -0.2) is 22.2 Å². The second-order valence-corrected chi connectivity index (χ2v) is 5.23. The summed E-state index contributed by atoms with van der Waals surface area (Å²) in [6, 6.07) is 0. The fourth-order valence-electron chi connectivity index (χ4n) is 3.12. The van der Waals surface area contributed by atoms with Crippen LogP contribution in [0.3, 0.4) is 0 Å². The minimum Gasteiger partial charge on any atom is -0.481 e. The van der Waals surface area contributed by atoms with E-state index in [0.29, 0.717) is 12.3 Å². The molecule has 4 heteroatoms. The third kappa shape index (κ3) is 2.87. The van der Waals surface area contributed by atoms with Crippen molar-refractivity contribution < 1.29 is 19.8 Å². The molecule has 2 N–H and O–H groups in total. The average Bonchev–Trinajstić information content (AvgIpc) is 2.84. The third-order valence-corrected chi connectivity index (χ3v) is 4.02.